The van der Waals surface area contributed by atoms with E-state index in [9.17, 15) is 4.79 Å². The number of nitrogens with one attached hydrogen (secondary N) is 1. The number of piperidine rings is 1. The van der Waals surface area contributed by atoms with E-state index in [0.29, 0.717) is 9.61 Å². The summed E-state index contributed by atoms with van der Waals surface area (Å²) >= 11 is 2.05. The summed E-state index contributed by atoms with van der Waals surface area (Å²) in [5, 5.41) is 3.51. The molecule has 1 aliphatic rings. The van der Waals surface area contributed by atoms with Crippen LogP contribution in [0.25, 0.3) is 0 Å². The van der Waals surface area contributed by atoms with Crippen LogP contribution in [0, 0.1) is 10.5 Å². The molecule has 1 aromatic rings. The molecule has 1 aliphatic heterocycles. The van der Waals surface area contributed by atoms with Gasteiger partial charge in [0, 0.05) is 18.8 Å². The number of aryl methyl sites for hydroxylation is 1. The highest BCUT2D eigenvalue weighted by Crippen LogP contribution is 2.11. The van der Waals surface area contributed by atoms with Crippen LogP contribution in [0.4, 0.5) is 0 Å². The zero-order valence-corrected chi connectivity index (χ0v) is 12.2. The van der Waals surface area contributed by atoms with Crippen molar-refractivity contribution in [3.05, 3.63) is 25.9 Å². The Hall–Kier alpha value is -0.430. The molecule has 0 amide bonds. The third-order valence-electron chi connectivity index (χ3n) is 3.32. The van der Waals surface area contributed by atoms with Crippen LogP contribution in [-0.4, -0.2) is 22.1 Å². The number of rotatable bonds is 3. The van der Waals surface area contributed by atoms with Gasteiger partial charge in [-0.05, 0) is 55.3 Å². The van der Waals surface area contributed by atoms with E-state index in [4.69, 9.17) is 0 Å². The first kappa shape index (κ1) is 13.0. The van der Waals surface area contributed by atoms with Crippen molar-refractivity contribution in [3.63, 3.8) is 0 Å². The number of hydrogen-bond acceptors (Lipinski definition) is 3. The molecule has 0 bridgehead atoms. The van der Waals surface area contributed by atoms with Crippen LogP contribution in [0.5, 0.6) is 0 Å². The molecule has 4 nitrogen and oxygen atoms in total. The normalized spacial score (nSPS) is 20.5. The summed E-state index contributed by atoms with van der Waals surface area (Å²) in [5.41, 5.74) is 0.0916. The lowest BCUT2D eigenvalue weighted by atomic mass is 10.0. The maximum absolute atomic E-state index is 12.0. The summed E-state index contributed by atoms with van der Waals surface area (Å²) in [7, 11) is 0. The van der Waals surface area contributed by atoms with Gasteiger partial charge >= 0.3 is 0 Å². The lowest BCUT2D eigenvalue weighted by Gasteiger charge is -2.23. The molecule has 2 rings (SSSR count). The number of aromatic nitrogens is 2. The van der Waals surface area contributed by atoms with Crippen molar-refractivity contribution >= 4 is 22.6 Å². The maximum Gasteiger partial charge on any atom is 0.266 e. The van der Waals surface area contributed by atoms with Gasteiger partial charge in [0.25, 0.3) is 5.56 Å². The predicted octanol–water partition coefficient (Wildman–Crippen LogP) is 1.69. The highest BCUT2D eigenvalue weighted by molar-refractivity contribution is 14.1. The first-order valence-electron chi connectivity index (χ1n) is 6.14. The van der Waals surface area contributed by atoms with Gasteiger partial charge in [0.2, 0.25) is 0 Å². The van der Waals surface area contributed by atoms with E-state index in [1.165, 1.54) is 19.3 Å². The fourth-order valence-electron chi connectivity index (χ4n) is 2.27. The van der Waals surface area contributed by atoms with Gasteiger partial charge in [-0.2, -0.15) is 0 Å². The predicted molar refractivity (Wildman–Crippen MR) is 76.2 cm³/mol. The Balaban J connectivity index is 2.03. The van der Waals surface area contributed by atoms with Gasteiger partial charge in [0.15, 0.2) is 0 Å². The van der Waals surface area contributed by atoms with E-state index in [1.807, 2.05) is 29.5 Å². The second-order valence-electron chi connectivity index (χ2n) is 4.55. The van der Waals surface area contributed by atoms with E-state index in [2.05, 4.69) is 10.3 Å². The van der Waals surface area contributed by atoms with E-state index < -0.39 is 0 Å². The second-order valence-corrected chi connectivity index (χ2v) is 5.71. The minimum atomic E-state index is 0.0916. The third kappa shape index (κ3) is 3.28. The smallest absolute Gasteiger partial charge is 0.266 e. The Kier molecular flexibility index (Phi) is 4.55. The van der Waals surface area contributed by atoms with E-state index >= 15 is 0 Å². The molecule has 1 saturated heterocycles. The van der Waals surface area contributed by atoms with Crippen LogP contribution in [0.3, 0.4) is 0 Å². The van der Waals surface area contributed by atoms with Gasteiger partial charge in [-0.25, -0.2) is 4.98 Å². The summed E-state index contributed by atoms with van der Waals surface area (Å²) in [4.78, 5) is 16.2. The van der Waals surface area contributed by atoms with Crippen LogP contribution in [-0.2, 0) is 6.54 Å². The summed E-state index contributed by atoms with van der Waals surface area (Å²) in [6.07, 6.45) is 6.47. The van der Waals surface area contributed by atoms with Crippen molar-refractivity contribution in [2.75, 3.05) is 6.54 Å². The van der Waals surface area contributed by atoms with Crippen molar-refractivity contribution in [2.24, 2.45) is 0 Å². The molecule has 2 heterocycles. The summed E-state index contributed by atoms with van der Waals surface area (Å²) in [6, 6.07) is 0.563. The average Bonchev–Trinajstić information content (AvgIpc) is 2.35. The van der Waals surface area contributed by atoms with Crippen LogP contribution in [0.2, 0.25) is 0 Å². The van der Waals surface area contributed by atoms with Crippen LogP contribution in [0.1, 0.15) is 31.5 Å². The molecule has 5 heteroatoms. The largest absolute Gasteiger partial charge is 0.314 e. The van der Waals surface area contributed by atoms with E-state index in [1.54, 1.807) is 10.8 Å². The lowest BCUT2D eigenvalue weighted by molar-refractivity contribution is 0.362. The summed E-state index contributed by atoms with van der Waals surface area (Å²) < 4.78 is 2.49. The number of halogens is 1. The molecule has 1 aromatic heterocycles. The molecule has 1 atom stereocenters. The Morgan fingerprint density at radius 3 is 3.12 bits per heavy atom. The van der Waals surface area contributed by atoms with E-state index in [0.717, 1.165) is 25.3 Å². The minimum absolute atomic E-state index is 0.0916. The zero-order chi connectivity index (χ0) is 12.3. The maximum atomic E-state index is 12.0. The first-order valence-corrected chi connectivity index (χ1v) is 7.21. The van der Waals surface area contributed by atoms with Crippen LogP contribution >= 0.6 is 22.6 Å². The standard InChI is InChI=1S/C12H18IN3O/c1-9-15-8-11(13)12(17)16(9)7-5-10-4-2-3-6-14-10/h8,10,14H,2-7H2,1H3. The average molecular weight is 347 g/mol. The quantitative estimate of drug-likeness (QED) is 0.847. The van der Waals surface area contributed by atoms with Gasteiger partial charge in [0.05, 0.1) is 3.57 Å². The molecule has 0 radical (unpaired) electrons. The van der Waals surface area contributed by atoms with Crippen molar-refractivity contribution in [2.45, 2.75) is 45.2 Å². The highest BCUT2D eigenvalue weighted by atomic mass is 127. The third-order valence-corrected chi connectivity index (χ3v) is 4.06. The van der Waals surface area contributed by atoms with Crippen molar-refractivity contribution in [3.8, 4) is 0 Å². The molecule has 0 saturated carbocycles. The Morgan fingerprint density at radius 2 is 2.41 bits per heavy atom. The monoisotopic (exact) mass is 347 g/mol. The molecular weight excluding hydrogens is 329 g/mol. The van der Waals surface area contributed by atoms with Crippen molar-refractivity contribution < 1.29 is 0 Å². The van der Waals surface area contributed by atoms with Gasteiger partial charge in [-0.15, -0.1) is 0 Å². The zero-order valence-electron chi connectivity index (χ0n) is 10.1. The molecule has 1 unspecified atom stereocenters. The lowest BCUT2D eigenvalue weighted by Crippen LogP contribution is -2.36. The fourth-order valence-corrected chi connectivity index (χ4v) is 2.70. The van der Waals surface area contributed by atoms with Gasteiger partial charge in [0.1, 0.15) is 5.82 Å². The van der Waals surface area contributed by atoms with Gasteiger partial charge in [-0.1, -0.05) is 6.42 Å². The molecular formula is C12H18IN3O. The number of hydrogen-bond donors (Lipinski definition) is 1. The van der Waals surface area contributed by atoms with Gasteiger partial charge in [-0.3, -0.25) is 9.36 Å². The highest BCUT2D eigenvalue weighted by Gasteiger charge is 2.13. The number of nitrogens with zero attached hydrogens (tertiary/aromatic N) is 2. The SMILES string of the molecule is Cc1ncc(I)c(=O)n1CCC1CCCCN1. The molecule has 0 aromatic carbocycles. The minimum Gasteiger partial charge on any atom is -0.314 e. The molecule has 17 heavy (non-hydrogen) atoms. The van der Waals surface area contributed by atoms with E-state index in [-0.39, 0.29) is 5.56 Å². The molecule has 0 aliphatic carbocycles. The second kappa shape index (κ2) is 5.95. The topological polar surface area (TPSA) is 46.9 Å². The Morgan fingerprint density at radius 1 is 1.59 bits per heavy atom. The first-order chi connectivity index (χ1) is 8.18. The van der Waals surface area contributed by atoms with Gasteiger partial charge < -0.3 is 5.32 Å². The Labute approximate surface area is 115 Å². The van der Waals surface area contributed by atoms with Crippen molar-refractivity contribution in [1.82, 2.24) is 14.9 Å². The summed E-state index contributed by atoms with van der Waals surface area (Å²) in [6.45, 7) is 3.78. The van der Waals surface area contributed by atoms with Crippen LogP contribution < -0.4 is 10.9 Å². The fraction of sp³-hybridized carbons (Fsp3) is 0.667. The molecule has 1 fully saturated rings. The summed E-state index contributed by atoms with van der Waals surface area (Å²) in [5.74, 6) is 0.811. The van der Waals surface area contributed by atoms with Crippen LogP contribution in [0.15, 0.2) is 11.0 Å². The Bertz CT molecular complexity index is 438. The molecule has 94 valence electrons. The van der Waals surface area contributed by atoms with Crippen molar-refractivity contribution in [1.29, 1.82) is 0 Å². The molecule has 1 N–H and O–H groups in total. The molecule has 0 spiro atoms.